The van der Waals surface area contributed by atoms with E-state index in [1.165, 1.54) is 0 Å². The fourth-order valence-electron chi connectivity index (χ4n) is 2.71. The van der Waals surface area contributed by atoms with Gasteiger partial charge in [-0.05, 0) is 19.3 Å². The number of aliphatic hydroxyl groups is 1. The van der Waals surface area contributed by atoms with Gasteiger partial charge >= 0.3 is 12.0 Å². The van der Waals surface area contributed by atoms with Gasteiger partial charge in [0, 0.05) is 38.7 Å². The Morgan fingerprint density at radius 1 is 1.11 bits per heavy atom. The number of aliphatic hydroxyl groups excluding tert-OH is 1. The second-order valence-corrected chi connectivity index (χ2v) is 5.19. The van der Waals surface area contributed by atoms with Gasteiger partial charge in [-0.15, -0.1) is 0 Å². The van der Waals surface area contributed by atoms with E-state index in [9.17, 15) is 9.59 Å². The predicted molar refractivity (Wildman–Crippen MR) is 64.1 cm³/mol. The molecule has 0 radical (unpaired) electrons. The number of carbonyl (C=O) groups is 2. The number of hydrogen-bond donors (Lipinski definition) is 2. The van der Waals surface area contributed by atoms with Crippen LogP contribution in [0.1, 0.15) is 19.3 Å². The average molecular weight is 256 g/mol. The quantitative estimate of drug-likeness (QED) is 0.740. The number of piperidine rings is 1. The molecule has 2 atom stereocenters. The van der Waals surface area contributed by atoms with Gasteiger partial charge in [-0.3, -0.25) is 4.79 Å². The Morgan fingerprint density at radius 3 is 2.44 bits per heavy atom. The first-order valence-corrected chi connectivity index (χ1v) is 6.49. The molecule has 6 nitrogen and oxygen atoms in total. The first kappa shape index (κ1) is 13.1. The first-order chi connectivity index (χ1) is 8.61. The van der Waals surface area contributed by atoms with Gasteiger partial charge in [-0.25, -0.2) is 4.79 Å². The summed E-state index contributed by atoms with van der Waals surface area (Å²) < 4.78 is 0. The maximum atomic E-state index is 12.2. The van der Waals surface area contributed by atoms with Crippen LogP contribution in [-0.2, 0) is 4.79 Å². The Morgan fingerprint density at radius 2 is 1.83 bits per heavy atom. The molecule has 0 aliphatic carbocycles. The molecule has 0 saturated carbocycles. The number of urea groups is 1. The zero-order valence-electron chi connectivity index (χ0n) is 10.4. The van der Waals surface area contributed by atoms with Crippen LogP contribution in [0.5, 0.6) is 0 Å². The lowest BCUT2D eigenvalue weighted by molar-refractivity contribution is -0.143. The molecule has 0 bridgehead atoms. The van der Waals surface area contributed by atoms with Crippen molar-refractivity contribution in [3.63, 3.8) is 0 Å². The van der Waals surface area contributed by atoms with E-state index in [1.54, 1.807) is 9.80 Å². The van der Waals surface area contributed by atoms with Crippen molar-refractivity contribution in [2.75, 3.05) is 32.8 Å². The molecular weight excluding hydrogens is 236 g/mol. The predicted octanol–water partition coefficient (Wildman–Crippen LogP) is 0.217. The van der Waals surface area contributed by atoms with Gasteiger partial charge in [0.15, 0.2) is 0 Å². The normalized spacial score (nSPS) is 28.5. The lowest BCUT2D eigenvalue weighted by atomic mass is 9.99. The third-order valence-electron chi connectivity index (χ3n) is 3.86. The van der Waals surface area contributed by atoms with Crippen LogP contribution in [0, 0.1) is 11.8 Å². The number of amides is 2. The largest absolute Gasteiger partial charge is 0.481 e. The molecule has 2 unspecified atom stereocenters. The Labute approximate surface area is 106 Å². The van der Waals surface area contributed by atoms with Crippen molar-refractivity contribution in [1.82, 2.24) is 9.80 Å². The SMILES string of the molecule is O=C(O)C1CCCN(C(=O)N2CCC(CO)C2)C1. The van der Waals surface area contributed by atoms with Gasteiger partial charge in [0.2, 0.25) is 0 Å². The van der Waals surface area contributed by atoms with E-state index in [-0.39, 0.29) is 18.6 Å². The molecule has 2 aliphatic rings. The van der Waals surface area contributed by atoms with Gasteiger partial charge in [0.05, 0.1) is 5.92 Å². The van der Waals surface area contributed by atoms with Crippen LogP contribution in [0.15, 0.2) is 0 Å². The summed E-state index contributed by atoms with van der Waals surface area (Å²) >= 11 is 0. The average Bonchev–Trinajstić information content (AvgIpc) is 2.86. The third-order valence-corrected chi connectivity index (χ3v) is 3.86. The van der Waals surface area contributed by atoms with Crippen LogP contribution in [0.2, 0.25) is 0 Å². The molecule has 0 spiro atoms. The van der Waals surface area contributed by atoms with Gasteiger partial charge in [0.1, 0.15) is 0 Å². The summed E-state index contributed by atoms with van der Waals surface area (Å²) in [5.41, 5.74) is 0. The van der Waals surface area contributed by atoms with E-state index in [0.717, 1.165) is 12.8 Å². The van der Waals surface area contributed by atoms with E-state index >= 15 is 0 Å². The third kappa shape index (κ3) is 2.75. The fourth-order valence-corrected chi connectivity index (χ4v) is 2.71. The minimum absolute atomic E-state index is 0.0723. The summed E-state index contributed by atoms with van der Waals surface area (Å²) in [6, 6.07) is -0.0723. The molecule has 2 heterocycles. The van der Waals surface area contributed by atoms with Gasteiger partial charge < -0.3 is 20.0 Å². The van der Waals surface area contributed by atoms with Gasteiger partial charge in [0.25, 0.3) is 0 Å². The number of carbonyl (C=O) groups excluding carboxylic acids is 1. The number of carboxylic acids is 1. The number of rotatable bonds is 2. The van der Waals surface area contributed by atoms with Crippen LogP contribution < -0.4 is 0 Å². The topological polar surface area (TPSA) is 81.1 Å². The van der Waals surface area contributed by atoms with Crippen molar-refractivity contribution >= 4 is 12.0 Å². The number of likely N-dealkylation sites (tertiary alicyclic amines) is 2. The van der Waals surface area contributed by atoms with Gasteiger partial charge in [-0.2, -0.15) is 0 Å². The second-order valence-electron chi connectivity index (χ2n) is 5.19. The summed E-state index contributed by atoms with van der Waals surface area (Å²) in [4.78, 5) is 26.5. The molecule has 2 N–H and O–H groups in total. The first-order valence-electron chi connectivity index (χ1n) is 6.49. The minimum Gasteiger partial charge on any atom is -0.481 e. The molecular formula is C12H20N2O4. The van der Waals surface area contributed by atoms with E-state index in [1.807, 2.05) is 0 Å². The fraction of sp³-hybridized carbons (Fsp3) is 0.833. The maximum Gasteiger partial charge on any atom is 0.320 e. The molecule has 0 aromatic carbocycles. The molecule has 2 rings (SSSR count). The lowest BCUT2D eigenvalue weighted by Crippen LogP contribution is -2.48. The highest BCUT2D eigenvalue weighted by Gasteiger charge is 2.33. The zero-order valence-corrected chi connectivity index (χ0v) is 10.4. The summed E-state index contributed by atoms with van der Waals surface area (Å²) in [6.45, 7) is 2.32. The van der Waals surface area contributed by atoms with Crippen molar-refractivity contribution in [1.29, 1.82) is 0 Å². The molecule has 2 saturated heterocycles. The minimum atomic E-state index is -0.817. The highest BCUT2D eigenvalue weighted by molar-refractivity contribution is 5.77. The summed E-state index contributed by atoms with van der Waals surface area (Å²) in [5.74, 6) is -1.07. The molecule has 0 aromatic rings. The van der Waals surface area contributed by atoms with Crippen LogP contribution in [0.4, 0.5) is 4.79 Å². The highest BCUT2D eigenvalue weighted by atomic mass is 16.4. The van der Waals surface area contributed by atoms with Crippen LogP contribution in [-0.4, -0.2) is 64.8 Å². The summed E-state index contributed by atoms with van der Waals surface area (Å²) in [7, 11) is 0. The number of nitrogens with zero attached hydrogens (tertiary/aromatic N) is 2. The van der Waals surface area contributed by atoms with Crippen LogP contribution in [0.3, 0.4) is 0 Å². The molecule has 2 fully saturated rings. The molecule has 6 heteroatoms. The van der Waals surface area contributed by atoms with Crippen molar-refractivity contribution in [2.45, 2.75) is 19.3 Å². The molecule has 0 aromatic heterocycles. The lowest BCUT2D eigenvalue weighted by Gasteiger charge is -2.33. The van der Waals surface area contributed by atoms with E-state index in [4.69, 9.17) is 10.2 Å². The van der Waals surface area contributed by atoms with Crippen molar-refractivity contribution in [3.8, 4) is 0 Å². The van der Waals surface area contributed by atoms with E-state index in [2.05, 4.69) is 0 Å². The second kappa shape index (κ2) is 5.56. The number of hydrogen-bond acceptors (Lipinski definition) is 3. The highest BCUT2D eigenvalue weighted by Crippen LogP contribution is 2.21. The number of carboxylic acid groups (broad SMARTS) is 1. The van der Waals surface area contributed by atoms with Crippen molar-refractivity contribution in [2.24, 2.45) is 11.8 Å². The Kier molecular flexibility index (Phi) is 4.06. The summed E-state index contributed by atoms with van der Waals surface area (Å²) in [5, 5.41) is 18.1. The van der Waals surface area contributed by atoms with E-state index < -0.39 is 11.9 Å². The van der Waals surface area contributed by atoms with Crippen molar-refractivity contribution in [3.05, 3.63) is 0 Å². The summed E-state index contributed by atoms with van der Waals surface area (Å²) in [6.07, 6.45) is 2.23. The Balaban J connectivity index is 1.91. The van der Waals surface area contributed by atoms with Gasteiger partial charge in [-0.1, -0.05) is 0 Å². The van der Waals surface area contributed by atoms with Crippen LogP contribution >= 0.6 is 0 Å². The molecule has 102 valence electrons. The van der Waals surface area contributed by atoms with Crippen LogP contribution in [0.25, 0.3) is 0 Å². The smallest absolute Gasteiger partial charge is 0.320 e. The molecule has 18 heavy (non-hydrogen) atoms. The molecule has 2 amide bonds. The van der Waals surface area contributed by atoms with E-state index in [0.29, 0.717) is 32.6 Å². The molecule has 2 aliphatic heterocycles. The number of aliphatic carboxylic acids is 1. The zero-order chi connectivity index (χ0) is 13.1. The van der Waals surface area contributed by atoms with Crippen molar-refractivity contribution < 1.29 is 19.8 Å². The maximum absolute atomic E-state index is 12.2. The Hall–Kier alpha value is -1.30. The Bertz CT molecular complexity index is 334. The standard InChI is InChI=1S/C12H20N2O4/c15-8-9-3-5-14(6-9)12(18)13-4-1-2-10(7-13)11(16)17/h9-10,15H,1-8H2,(H,16,17). The monoisotopic (exact) mass is 256 g/mol.